The molecule has 2 N–H and O–H groups in total. The number of fused-ring (bicyclic) bond motifs is 2. The summed E-state index contributed by atoms with van der Waals surface area (Å²) in [6, 6.07) is 15.5. The molecule has 0 aliphatic rings. The molecule has 0 aliphatic heterocycles. The summed E-state index contributed by atoms with van der Waals surface area (Å²) < 4.78 is 0. The topological polar surface area (TPSA) is 74.8 Å². The highest BCUT2D eigenvalue weighted by Crippen LogP contribution is 2.22. The van der Waals surface area contributed by atoms with Gasteiger partial charge in [0.15, 0.2) is 0 Å². The molecule has 2 heterocycles. The standard InChI is InChI=1S/C19H12ClN3O2/c20-12-3-5-17-14(9-12)15(10-18(24)23-17)19(25)22-13-4-6-16-11(8-13)2-1-7-21-16/h1-10H,(H,22,25)(H,23,24). The molecule has 0 saturated carbocycles. The van der Waals surface area contributed by atoms with Crippen molar-refractivity contribution in [3.8, 4) is 0 Å². The number of benzene rings is 2. The maximum atomic E-state index is 12.7. The predicted molar refractivity (Wildman–Crippen MR) is 99.3 cm³/mol. The molecule has 0 atom stereocenters. The van der Waals surface area contributed by atoms with E-state index in [1.165, 1.54) is 6.07 Å². The molecule has 0 radical (unpaired) electrons. The van der Waals surface area contributed by atoms with Gasteiger partial charge in [-0.05, 0) is 42.5 Å². The maximum absolute atomic E-state index is 12.7. The van der Waals surface area contributed by atoms with Crippen molar-refractivity contribution in [2.75, 3.05) is 5.32 Å². The zero-order valence-corrected chi connectivity index (χ0v) is 13.7. The highest BCUT2D eigenvalue weighted by atomic mass is 35.5. The van der Waals surface area contributed by atoms with E-state index in [1.54, 1.807) is 30.5 Å². The molecule has 4 aromatic rings. The second-order valence-electron chi connectivity index (χ2n) is 5.60. The van der Waals surface area contributed by atoms with Crippen LogP contribution in [0.4, 0.5) is 5.69 Å². The lowest BCUT2D eigenvalue weighted by Gasteiger charge is -2.09. The largest absolute Gasteiger partial charge is 0.322 e. The van der Waals surface area contributed by atoms with Crippen LogP contribution in [0.1, 0.15) is 10.4 Å². The van der Waals surface area contributed by atoms with Crippen LogP contribution in [0.3, 0.4) is 0 Å². The summed E-state index contributed by atoms with van der Waals surface area (Å²) in [5.74, 6) is -0.374. The van der Waals surface area contributed by atoms with E-state index in [2.05, 4.69) is 15.3 Å². The van der Waals surface area contributed by atoms with E-state index in [-0.39, 0.29) is 17.0 Å². The molecule has 4 rings (SSSR count). The van der Waals surface area contributed by atoms with Gasteiger partial charge in [0.2, 0.25) is 5.56 Å². The van der Waals surface area contributed by atoms with Crippen LogP contribution in [-0.2, 0) is 0 Å². The van der Waals surface area contributed by atoms with E-state index in [9.17, 15) is 9.59 Å². The fourth-order valence-electron chi connectivity index (χ4n) is 2.77. The SMILES string of the molecule is O=C(Nc1ccc2ncccc2c1)c1cc(=O)[nH]c2ccc(Cl)cc12. The van der Waals surface area contributed by atoms with Crippen molar-refractivity contribution in [1.29, 1.82) is 0 Å². The van der Waals surface area contributed by atoms with Gasteiger partial charge in [-0.15, -0.1) is 0 Å². The molecular formula is C19H12ClN3O2. The van der Waals surface area contributed by atoms with Crippen LogP contribution in [0.15, 0.2) is 65.6 Å². The van der Waals surface area contributed by atoms with Gasteiger partial charge in [0, 0.05) is 39.3 Å². The summed E-state index contributed by atoms with van der Waals surface area (Å²) in [6.07, 6.45) is 1.71. The van der Waals surface area contributed by atoms with E-state index < -0.39 is 0 Å². The first-order valence-corrected chi connectivity index (χ1v) is 7.97. The Morgan fingerprint density at radius 1 is 1.08 bits per heavy atom. The molecule has 0 fully saturated rings. The van der Waals surface area contributed by atoms with Crippen LogP contribution in [0.5, 0.6) is 0 Å². The molecule has 0 aliphatic carbocycles. The van der Waals surface area contributed by atoms with Gasteiger partial charge in [0.25, 0.3) is 5.91 Å². The second-order valence-corrected chi connectivity index (χ2v) is 6.04. The molecule has 0 bridgehead atoms. The van der Waals surface area contributed by atoms with Crippen LogP contribution < -0.4 is 10.9 Å². The molecule has 0 saturated heterocycles. The van der Waals surface area contributed by atoms with Crippen molar-refractivity contribution >= 4 is 45.0 Å². The molecule has 0 spiro atoms. The number of nitrogens with zero attached hydrogens (tertiary/aromatic N) is 1. The number of aromatic amines is 1. The average Bonchev–Trinajstić information content (AvgIpc) is 2.61. The Hall–Kier alpha value is -3.18. The maximum Gasteiger partial charge on any atom is 0.256 e. The summed E-state index contributed by atoms with van der Waals surface area (Å²) >= 11 is 6.03. The summed E-state index contributed by atoms with van der Waals surface area (Å²) in [5.41, 5.74) is 1.95. The summed E-state index contributed by atoms with van der Waals surface area (Å²) in [5, 5.41) is 4.82. The number of hydrogen-bond acceptors (Lipinski definition) is 3. The summed E-state index contributed by atoms with van der Waals surface area (Å²) in [4.78, 5) is 31.5. The van der Waals surface area contributed by atoms with Crippen molar-refractivity contribution in [2.45, 2.75) is 0 Å². The number of hydrogen-bond donors (Lipinski definition) is 2. The highest BCUT2D eigenvalue weighted by Gasteiger charge is 2.13. The van der Waals surface area contributed by atoms with Gasteiger partial charge in [0.1, 0.15) is 0 Å². The molecule has 2 aromatic heterocycles. The van der Waals surface area contributed by atoms with Crippen molar-refractivity contribution in [2.24, 2.45) is 0 Å². The molecule has 25 heavy (non-hydrogen) atoms. The zero-order valence-electron chi connectivity index (χ0n) is 12.9. The quantitative estimate of drug-likeness (QED) is 0.574. The highest BCUT2D eigenvalue weighted by molar-refractivity contribution is 6.31. The van der Waals surface area contributed by atoms with E-state index in [1.807, 2.05) is 24.3 Å². The number of anilines is 1. The number of pyridine rings is 2. The predicted octanol–water partition coefficient (Wildman–Crippen LogP) is 3.98. The van der Waals surface area contributed by atoms with E-state index in [4.69, 9.17) is 11.6 Å². The number of H-pyrrole nitrogens is 1. The fourth-order valence-corrected chi connectivity index (χ4v) is 2.94. The first kappa shape index (κ1) is 15.4. The van der Waals surface area contributed by atoms with Gasteiger partial charge in [-0.3, -0.25) is 14.6 Å². The van der Waals surface area contributed by atoms with Gasteiger partial charge < -0.3 is 10.3 Å². The lowest BCUT2D eigenvalue weighted by molar-refractivity contribution is 0.102. The van der Waals surface area contributed by atoms with Crippen molar-refractivity contribution in [1.82, 2.24) is 9.97 Å². The first-order valence-electron chi connectivity index (χ1n) is 7.59. The van der Waals surface area contributed by atoms with Crippen molar-refractivity contribution in [3.63, 3.8) is 0 Å². The van der Waals surface area contributed by atoms with Crippen LogP contribution in [0.25, 0.3) is 21.8 Å². The number of aromatic nitrogens is 2. The number of nitrogens with one attached hydrogen (secondary N) is 2. The fraction of sp³-hybridized carbons (Fsp3) is 0. The van der Waals surface area contributed by atoms with E-state index >= 15 is 0 Å². The molecule has 5 nitrogen and oxygen atoms in total. The lowest BCUT2D eigenvalue weighted by Crippen LogP contribution is -2.16. The number of carbonyl (C=O) groups excluding carboxylic acids is 1. The van der Waals surface area contributed by atoms with E-state index in [0.29, 0.717) is 21.6 Å². The van der Waals surface area contributed by atoms with Crippen LogP contribution in [0.2, 0.25) is 5.02 Å². The molecule has 6 heteroatoms. The monoisotopic (exact) mass is 349 g/mol. The Morgan fingerprint density at radius 2 is 1.96 bits per heavy atom. The molecule has 122 valence electrons. The zero-order chi connectivity index (χ0) is 17.4. The number of amides is 1. The Kier molecular flexibility index (Phi) is 3.71. The first-order chi connectivity index (χ1) is 12.1. The lowest BCUT2D eigenvalue weighted by atomic mass is 10.1. The van der Waals surface area contributed by atoms with Crippen molar-refractivity contribution in [3.05, 3.63) is 81.7 Å². The van der Waals surface area contributed by atoms with Gasteiger partial charge >= 0.3 is 0 Å². The van der Waals surface area contributed by atoms with Crippen LogP contribution in [-0.4, -0.2) is 15.9 Å². The molecule has 2 aromatic carbocycles. The third-order valence-electron chi connectivity index (χ3n) is 3.91. The van der Waals surface area contributed by atoms with Gasteiger partial charge in [-0.2, -0.15) is 0 Å². The minimum Gasteiger partial charge on any atom is -0.322 e. The summed E-state index contributed by atoms with van der Waals surface area (Å²) in [7, 11) is 0. The van der Waals surface area contributed by atoms with Gasteiger partial charge in [-0.25, -0.2) is 0 Å². The van der Waals surface area contributed by atoms with Crippen LogP contribution >= 0.6 is 11.6 Å². The number of halogens is 1. The molecule has 1 amide bonds. The van der Waals surface area contributed by atoms with Gasteiger partial charge in [-0.1, -0.05) is 17.7 Å². The normalized spacial score (nSPS) is 10.9. The smallest absolute Gasteiger partial charge is 0.256 e. The minimum atomic E-state index is -0.374. The Labute approximate surface area is 147 Å². The third-order valence-corrected chi connectivity index (χ3v) is 4.15. The Balaban J connectivity index is 1.76. The second kappa shape index (κ2) is 6.03. The van der Waals surface area contributed by atoms with E-state index in [0.717, 1.165) is 10.9 Å². The average molecular weight is 350 g/mol. The van der Waals surface area contributed by atoms with Crippen molar-refractivity contribution < 1.29 is 4.79 Å². The molecule has 0 unspecified atom stereocenters. The number of rotatable bonds is 2. The molecular weight excluding hydrogens is 338 g/mol. The Morgan fingerprint density at radius 3 is 2.84 bits per heavy atom. The minimum absolute atomic E-state index is 0.271. The summed E-state index contributed by atoms with van der Waals surface area (Å²) in [6.45, 7) is 0. The Bertz CT molecular complexity index is 1180. The third kappa shape index (κ3) is 2.97. The van der Waals surface area contributed by atoms with Gasteiger partial charge in [0.05, 0.1) is 11.1 Å². The van der Waals surface area contributed by atoms with Crippen LogP contribution in [0, 0.1) is 0 Å². The number of carbonyl (C=O) groups is 1.